The van der Waals surface area contributed by atoms with Crippen LogP contribution in [0.1, 0.15) is 36.3 Å². The van der Waals surface area contributed by atoms with E-state index in [1.807, 2.05) is 32.1 Å². The number of fused-ring (bicyclic) bond motifs is 1. The number of hydrogen-bond acceptors (Lipinski definition) is 3. The van der Waals surface area contributed by atoms with E-state index in [0.29, 0.717) is 10.8 Å². The number of nitrogens with zero attached hydrogens (tertiary/aromatic N) is 1. The molecule has 0 fully saturated rings. The lowest BCUT2D eigenvalue weighted by atomic mass is 10.0. The van der Waals surface area contributed by atoms with Crippen molar-refractivity contribution >= 4 is 23.4 Å². The van der Waals surface area contributed by atoms with Gasteiger partial charge >= 0.3 is 5.97 Å². The molecule has 0 aromatic carbocycles. The minimum atomic E-state index is -0.592. The third kappa shape index (κ3) is 2.91. The van der Waals surface area contributed by atoms with Crippen LogP contribution in [0.25, 0.3) is 17.5 Å². The van der Waals surface area contributed by atoms with Crippen molar-refractivity contribution in [1.82, 2.24) is 4.98 Å². The molecular formula is C18H18FNO2. The van der Waals surface area contributed by atoms with Crippen molar-refractivity contribution in [3.05, 3.63) is 58.3 Å². The number of pyridine rings is 1. The number of methoxy groups -OCH3 is 1. The third-order valence-electron chi connectivity index (χ3n) is 3.52. The molecule has 0 N–H and O–H groups in total. The molecule has 2 rings (SSSR count). The number of allylic oxidation sites excluding steroid dienone is 5. The van der Waals surface area contributed by atoms with Crippen molar-refractivity contribution in [2.75, 3.05) is 7.11 Å². The molecule has 0 radical (unpaired) electrons. The van der Waals surface area contributed by atoms with Gasteiger partial charge in [-0.25, -0.2) is 14.2 Å². The molecule has 1 aromatic rings. The molecule has 1 aromatic heterocycles. The van der Waals surface area contributed by atoms with Gasteiger partial charge in [0.2, 0.25) is 0 Å². The van der Waals surface area contributed by atoms with E-state index in [2.05, 4.69) is 11.6 Å². The summed E-state index contributed by atoms with van der Waals surface area (Å²) in [6, 6.07) is 1.61. The number of aromatic nitrogens is 1. The summed E-state index contributed by atoms with van der Waals surface area (Å²) in [6.07, 6.45) is 7.40. The molecule has 0 bridgehead atoms. The van der Waals surface area contributed by atoms with E-state index in [-0.39, 0.29) is 23.3 Å². The van der Waals surface area contributed by atoms with Crippen molar-refractivity contribution in [2.45, 2.75) is 20.3 Å². The van der Waals surface area contributed by atoms with E-state index in [4.69, 9.17) is 4.74 Å². The highest BCUT2D eigenvalue weighted by atomic mass is 19.1. The van der Waals surface area contributed by atoms with Crippen molar-refractivity contribution in [3.8, 4) is 0 Å². The summed E-state index contributed by atoms with van der Waals surface area (Å²) in [6.45, 7) is 7.49. The fourth-order valence-electron chi connectivity index (χ4n) is 2.37. The number of ether oxygens (including phenoxy) is 1. The summed E-state index contributed by atoms with van der Waals surface area (Å²) in [5, 5.41) is 0.835. The van der Waals surface area contributed by atoms with E-state index in [9.17, 15) is 9.18 Å². The van der Waals surface area contributed by atoms with E-state index >= 15 is 0 Å². The Hall–Kier alpha value is -2.49. The maximum absolute atomic E-state index is 14.5. The molecule has 4 heteroatoms. The molecule has 0 saturated carbocycles. The van der Waals surface area contributed by atoms with Gasteiger partial charge in [0, 0.05) is 11.6 Å². The van der Waals surface area contributed by atoms with Crippen molar-refractivity contribution in [2.24, 2.45) is 0 Å². The molecule has 0 atom stereocenters. The minimum absolute atomic E-state index is 0.0838. The number of esters is 1. The van der Waals surface area contributed by atoms with Gasteiger partial charge in [0.25, 0.3) is 0 Å². The van der Waals surface area contributed by atoms with Gasteiger partial charge in [-0.05, 0) is 31.1 Å². The second-order valence-corrected chi connectivity index (χ2v) is 5.02. The Labute approximate surface area is 128 Å². The summed E-state index contributed by atoms with van der Waals surface area (Å²) in [4.78, 5) is 16.0. The van der Waals surface area contributed by atoms with Crippen LogP contribution in [-0.4, -0.2) is 18.1 Å². The first kappa shape index (κ1) is 15.9. The predicted molar refractivity (Wildman–Crippen MR) is 86.0 cm³/mol. The molecule has 1 aliphatic carbocycles. The van der Waals surface area contributed by atoms with Crippen LogP contribution in [0.15, 0.2) is 36.4 Å². The predicted octanol–water partition coefficient (Wildman–Crippen LogP) is 2.67. The van der Waals surface area contributed by atoms with Gasteiger partial charge in [0.1, 0.15) is 16.9 Å². The molecule has 1 heterocycles. The highest BCUT2D eigenvalue weighted by Gasteiger charge is 2.15. The van der Waals surface area contributed by atoms with E-state index in [0.717, 1.165) is 11.1 Å². The Kier molecular flexibility index (Phi) is 4.71. The van der Waals surface area contributed by atoms with Gasteiger partial charge in [-0.3, -0.25) is 0 Å². The van der Waals surface area contributed by atoms with Crippen molar-refractivity contribution in [1.29, 1.82) is 0 Å². The average molecular weight is 299 g/mol. The molecule has 0 unspecified atom stereocenters. The minimum Gasteiger partial charge on any atom is -0.464 e. The number of rotatable bonds is 3. The van der Waals surface area contributed by atoms with Gasteiger partial charge in [-0.1, -0.05) is 36.5 Å². The number of halogens is 1. The van der Waals surface area contributed by atoms with Gasteiger partial charge in [0.05, 0.1) is 7.11 Å². The number of carbonyl (C=O) groups excluding carboxylic acids is 1. The average Bonchev–Trinajstić information content (AvgIpc) is 2.66. The monoisotopic (exact) mass is 299 g/mol. The Balaban J connectivity index is 2.94. The summed E-state index contributed by atoms with van der Waals surface area (Å²) in [7, 11) is 1.28. The van der Waals surface area contributed by atoms with Gasteiger partial charge in [0.15, 0.2) is 0 Å². The van der Waals surface area contributed by atoms with Crippen LogP contribution in [0, 0.1) is 0 Å². The largest absolute Gasteiger partial charge is 0.464 e. The summed E-state index contributed by atoms with van der Waals surface area (Å²) in [5.41, 5.74) is 2.49. The Morgan fingerprint density at radius 1 is 1.45 bits per heavy atom. The zero-order chi connectivity index (χ0) is 16.3. The smallest absolute Gasteiger partial charge is 0.356 e. The van der Waals surface area contributed by atoms with Crippen LogP contribution in [0.4, 0.5) is 4.39 Å². The quantitative estimate of drug-likeness (QED) is 0.636. The van der Waals surface area contributed by atoms with E-state index < -0.39 is 5.97 Å². The highest BCUT2D eigenvalue weighted by molar-refractivity contribution is 5.89. The normalized spacial score (nSPS) is 14.5. The van der Waals surface area contributed by atoms with Crippen molar-refractivity contribution in [3.63, 3.8) is 0 Å². The maximum atomic E-state index is 14.5. The van der Waals surface area contributed by atoms with Gasteiger partial charge in [-0.15, -0.1) is 0 Å². The van der Waals surface area contributed by atoms with Gasteiger partial charge in [-0.2, -0.15) is 0 Å². The lowest BCUT2D eigenvalue weighted by Crippen LogP contribution is -2.34. The van der Waals surface area contributed by atoms with Crippen LogP contribution in [0.2, 0.25) is 0 Å². The SMILES string of the molecule is C=C/C(=C\C)c1cc(C(=O)OC)nc2c1=CC=C(C)CC=2F. The van der Waals surface area contributed by atoms with Crippen molar-refractivity contribution < 1.29 is 13.9 Å². The maximum Gasteiger partial charge on any atom is 0.356 e. The molecule has 0 spiro atoms. The highest BCUT2D eigenvalue weighted by Crippen LogP contribution is 2.16. The molecule has 22 heavy (non-hydrogen) atoms. The molecule has 0 aliphatic heterocycles. The molecule has 3 nitrogen and oxygen atoms in total. The number of carbonyl (C=O) groups is 1. The van der Waals surface area contributed by atoms with E-state index in [1.165, 1.54) is 7.11 Å². The Morgan fingerprint density at radius 3 is 2.77 bits per heavy atom. The van der Waals surface area contributed by atoms with Crippen LogP contribution < -0.4 is 10.6 Å². The molecule has 0 amide bonds. The standard InChI is InChI=1S/C18H18FNO2/c1-5-12(6-2)14-10-16(18(21)22-4)20-17-13(14)8-7-11(3)9-15(17)19/h5-8,10H,1,9H2,2-4H3/b12-6+. The van der Waals surface area contributed by atoms with Gasteiger partial charge < -0.3 is 4.74 Å². The molecular weight excluding hydrogens is 281 g/mol. The zero-order valence-electron chi connectivity index (χ0n) is 12.9. The Bertz CT molecular complexity index is 816. The fraction of sp³-hybridized carbons (Fsp3) is 0.222. The number of hydrogen-bond donors (Lipinski definition) is 0. The first-order chi connectivity index (χ1) is 10.5. The summed E-state index contributed by atoms with van der Waals surface area (Å²) < 4.78 is 19.2. The topological polar surface area (TPSA) is 39.2 Å². The summed E-state index contributed by atoms with van der Waals surface area (Å²) >= 11 is 0. The Morgan fingerprint density at radius 2 is 2.18 bits per heavy atom. The van der Waals surface area contributed by atoms with Crippen LogP contribution >= 0.6 is 0 Å². The zero-order valence-corrected chi connectivity index (χ0v) is 12.9. The third-order valence-corrected chi connectivity index (χ3v) is 3.52. The lowest BCUT2D eigenvalue weighted by molar-refractivity contribution is 0.0593. The second-order valence-electron chi connectivity index (χ2n) is 5.02. The van der Waals surface area contributed by atoms with E-state index in [1.54, 1.807) is 12.1 Å². The lowest BCUT2D eigenvalue weighted by Gasteiger charge is -2.07. The van der Waals surface area contributed by atoms with Crippen LogP contribution in [-0.2, 0) is 4.74 Å². The fourth-order valence-corrected chi connectivity index (χ4v) is 2.37. The first-order valence-corrected chi connectivity index (χ1v) is 6.96. The summed E-state index contributed by atoms with van der Waals surface area (Å²) in [5.74, 6) is -0.950. The molecule has 1 aliphatic rings. The molecule has 0 saturated heterocycles. The van der Waals surface area contributed by atoms with Crippen LogP contribution in [0.3, 0.4) is 0 Å². The first-order valence-electron chi connectivity index (χ1n) is 6.96. The van der Waals surface area contributed by atoms with Crippen LogP contribution in [0.5, 0.6) is 0 Å². The molecule has 114 valence electrons. The second kappa shape index (κ2) is 6.52.